The highest BCUT2D eigenvalue weighted by molar-refractivity contribution is 5.83. The van der Waals surface area contributed by atoms with Gasteiger partial charge in [0, 0.05) is 6.42 Å². The van der Waals surface area contributed by atoms with Gasteiger partial charge in [0.05, 0.1) is 13.2 Å². The fourth-order valence-electron chi connectivity index (χ4n) is 3.56. The van der Waals surface area contributed by atoms with Crippen LogP contribution in [0.5, 0.6) is 0 Å². The summed E-state index contributed by atoms with van der Waals surface area (Å²) in [6, 6.07) is 24.6. The molecule has 1 aliphatic heterocycles. The van der Waals surface area contributed by atoms with Gasteiger partial charge in [-0.05, 0) is 28.3 Å². The molecule has 0 radical (unpaired) electrons. The van der Waals surface area contributed by atoms with Gasteiger partial charge in [-0.15, -0.1) is 0 Å². The Morgan fingerprint density at radius 2 is 1.77 bits per heavy atom. The summed E-state index contributed by atoms with van der Waals surface area (Å²) in [6.45, 7) is 0. The maximum absolute atomic E-state index is 12.2. The third-order valence-electron chi connectivity index (χ3n) is 4.87. The van der Waals surface area contributed by atoms with Crippen LogP contribution in [0.25, 0.3) is 10.8 Å². The first-order valence-corrected chi connectivity index (χ1v) is 8.81. The van der Waals surface area contributed by atoms with E-state index < -0.39 is 6.09 Å². The number of amides is 1. The Kier molecular flexibility index (Phi) is 4.59. The van der Waals surface area contributed by atoms with Crippen LogP contribution in [0.3, 0.4) is 0 Å². The zero-order valence-corrected chi connectivity index (χ0v) is 14.7. The lowest BCUT2D eigenvalue weighted by atomic mass is 9.97. The lowest BCUT2D eigenvalue weighted by Gasteiger charge is -2.21. The predicted octanol–water partition coefficient (Wildman–Crippen LogP) is 4.90. The van der Waals surface area contributed by atoms with Crippen molar-refractivity contribution in [1.29, 1.82) is 0 Å². The molecule has 4 heteroatoms. The zero-order chi connectivity index (χ0) is 17.9. The molecule has 0 aliphatic carbocycles. The van der Waals surface area contributed by atoms with E-state index in [0.29, 0.717) is 0 Å². The minimum atomic E-state index is -0.450. The SMILES string of the molecule is COC(=O)N1O[C@H](c2ccccc2)C[C@@H]1Cc1ccc2ccccc2c1. The molecule has 0 unspecified atom stereocenters. The highest BCUT2D eigenvalue weighted by atomic mass is 16.7. The van der Waals surface area contributed by atoms with Gasteiger partial charge in [-0.1, -0.05) is 72.8 Å². The van der Waals surface area contributed by atoms with E-state index in [1.165, 1.54) is 28.5 Å². The van der Waals surface area contributed by atoms with Crippen LogP contribution in [0.15, 0.2) is 72.8 Å². The van der Waals surface area contributed by atoms with Gasteiger partial charge in [0.25, 0.3) is 0 Å². The van der Waals surface area contributed by atoms with E-state index in [1.54, 1.807) is 0 Å². The number of hydrogen-bond donors (Lipinski definition) is 0. The van der Waals surface area contributed by atoms with Crippen LogP contribution in [0.2, 0.25) is 0 Å². The molecule has 132 valence electrons. The molecule has 0 N–H and O–H groups in total. The van der Waals surface area contributed by atoms with Crippen LogP contribution >= 0.6 is 0 Å². The second-order valence-corrected chi connectivity index (χ2v) is 6.58. The van der Waals surface area contributed by atoms with Crippen molar-refractivity contribution in [2.75, 3.05) is 7.11 Å². The minimum Gasteiger partial charge on any atom is -0.451 e. The molecule has 3 aromatic rings. The number of carbonyl (C=O) groups excluding carboxylic acids is 1. The molecule has 0 saturated carbocycles. The van der Waals surface area contributed by atoms with Crippen LogP contribution in [0, 0.1) is 0 Å². The fourth-order valence-corrected chi connectivity index (χ4v) is 3.56. The number of rotatable bonds is 3. The number of ether oxygens (including phenoxy) is 1. The Balaban J connectivity index is 1.58. The van der Waals surface area contributed by atoms with E-state index in [4.69, 9.17) is 9.57 Å². The van der Waals surface area contributed by atoms with Gasteiger partial charge in [0.2, 0.25) is 0 Å². The van der Waals surface area contributed by atoms with Crippen LogP contribution in [0.1, 0.15) is 23.7 Å². The maximum atomic E-state index is 12.2. The lowest BCUT2D eigenvalue weighted by molar-refractivity contribution is -0.138. The number of fused-ring (bicyclic) bond motifs is 1. The number of hydrogen-bond acceptors (Lipinski definition) is 3. The number of nitrogens with zero attached hydrogens (tertiary/aromatic N) is 1. The van der Waals surface area contributed by atoms with Gasteiger partial charge in [-0.25, -0.2) is 4.79 Å². The van der Waals surface area contributed by atoms with Gasteiger partial charge in [0.15, 0.2) is 0 Å². The molecular formula is C22H21NO3. The van der Waals surface area contributed by atoms with E-state index in [-0.39, 0.29) is 12.1 Å². The summed E-state index contributed by atoms with van der Waals surface area (Å²) in [5.74, 6) is 0. The molecular weight excluding hydrogens is 326 g/mol. The monoisotopic (exact) mass is 347 g/mol. The highest BCUT2D eigenvalue weighted by Gasteiger charge is 2.38. The van der Waals surface area contributed by atoms with Gasteiger partial charge < -0.3 is 4.74 Å². The van der Waals surface area contributed by atoms with Crippen molar-refractivity contribution in [2.45, 2.75) is 25.0 Å². The Bertz CT molecular complexity index is 909. The van der Waals surface area contributed by atoms with Crippen molar-refractivity contribution in [2.24, 2.45) is 0 Å². The van der Waals surface area contributed by atoms with Crippen molar-refractivity contribution in [3.63, 3.8) is 0 Å². The smallest absolute Gasteiger partial charge is 0.433 e. The first kappa shape index (κ1) is 16.6. The zero-order valence-electron chi connectivity index (χ0n) is 14.7. The first-order valence-electron chi connectivity index (χ1n) is 8.81. The predicted molar refractivity (Wildman–Crippen MR) is 101 cm³/mol. The number of hydroxylamine groups is 2. The van der Waals surface area contributed by atoms with E-state index in [2.05, 4.69) is 30.3 Å². The molecule has 1 heterocycles. The Labute approximate surface area is 152 Å². The molecule has 4 rings (SSSR count). The molecule has 2 atom stereocenters. The summed E-state index contributed by atoms with van der Waals surface area (Å²) < 4.78 is 4.92. The van der Waals surface area contributed by atoms with E-state index in [9.17, 15) is 4.79 Å². The molecule has 1 saturated heterocycles. The summed E-state index contributed by atoms with van der Waals surface area (Å²) in [6.07, 6.45) is 0.879. The molecule has 0 aromatic heterocycles. The fraction of sp³-hybridized carbons (Fsp3) is 0.227. The van der Waals surface area contributed by atoms with Gasteiger partial charge in [0.1, 0.15) is 6.10 Å². The molecule has 0 spiro atoms. The van der Waals surface area contributed by atoms with Crippen LogP contribution in [-0.2, 0) is 16.0 Å². The van der Waals surface area contributed by atoms with Crippen molar-refractivity contribution >= 4 is 16.9 Å². The molecule has 1 aliphatic rings. The van der Waals surface area contributed by atoms with Crippen LogP contribution < -0.4 is 0 Å². The molecule has 0 bridgehead atoms. The molecule has 1 amide bonds. The largest absolute Gasteiger partial charge is 0.451 e. The summed E-state index contributed by atoms with van der Waals surface area (Å²) in [7, 11) is 1.38. The molecule has 4 nitrogen and oxygen atoms in total. The maximum Gasteiger partial charge on any atom is 0.433 e. The number of carbonyl (C=O) groups is 1. The third-order valence-corrected chi connectivity index (χ3v) is 4.87. The van der Waals surface area contributed by atoms with Crippen molar-refractivity contribution in [3.05, 3.63) is 83.9 Å². The third kappa shape index (κ3) is 3.28. The van der Waals surface area contributed by atoms with Gasteiger partial charge in [-0.3, -0.25) is 4.84 Å². The summed E-state index contributed by atoms with van der Waals surface area (Å²) in [4.78, 5) is 18.1. The van der Waals surface area contributed by atoms with Crippen molar-refractivity contribution in [3.8, 4) is 0 Å². The second kappa shape index (κ2) is 7.18. The number of methoxy groups -OCH3 is 1. The minimum absolute atomic E-state index is 0.0613. The van der Waals surface area contributed by atoms with E-state index >= 15 is 0 Å². The summed E-state index contributed by atoms with van der Waals surface area (Å²) >= 11 is 0. The topological polar surface area (TPSA) is 38.8 Å². The summed E-state index contributed by atoms with van der Waals surface area (Å²) in [5.41, 5.74) is 2.25. The van der Waals surface area contributed by atoms with Gasteiger partial charge >= 0.3 is 6.09 Å². The van der Waals surface area contributed by atoms with Crippen LogP contribution in [0.4, 0.5) is 4.79 Å². The Morgan fingerprint density at radius 1 is 1.04 bits per heavy atom. The highest BCUT2D eigenvalue weighted by Crippen LogP contribution is 2.35. The van der Waals surface area contributed by atoms with Gasteiger partial charge in [-0.2, -0.15) is 5.06 Å². The average molecular weight is 347 g/mol. The van der Waals surface area contributed by atoms with Crippen LogP contribution in [-0.4, -0.2) is 24.3 Å². The standard InChI is InChI=1S/C22H21NO3/c1-25-22(24)23-20(15-21(26-23)18-8-3-2-4-9-18)14-16-11-12-17-7-5-6-10-19(17)13-16/h2-13,20-21H,14-15H2,1H3/t20-,21-/m0/s1. The van der Waals surface area contributed by atoms with E-state index in [1.807, 2.05) is 42.5 Å². The van der Waals surface area contributed by atoms with E-state index in [0.717, 1.165) is 18.4 Å². The average Bonchev–Trinajstić information content (AvgIpc) is 3.12. The molecule has 3 aromatic carbocycles. The Morgan fingerprint density at radius 3 is 2.54 bits per heavy atom. The lowest BCUT2D eigenvalue weighted by Crippen LogP contribution is -2.35. The normalized spacial score (nSPS) is 19.7. The number of benzene rings is 3. The molecule has 1 fully saturated rings. The summed E-state index contributed by atoms with van der Waals surface area (Å²) in [5, 5.41) is 3.81. The van der Waals surface area contributed by atoms with Crippen molar-refractivity contribution in [1.82, 2.24) is 5.06 Å². The first-order chi connectivity index (χ1) is 12.7. The Hall–Kier alpha value is -2.85. The quantitative estimate of drug-likeness (QED) is 0.677. The second-order valence-electron chi connectivity index (χ2n) is 6.58. The van der Waals surface area contributed by atoms with Crippen molar-refractivity contribution < 1.29 is 14.4 Å². The molecule has 26 heavy (non-hydrogen) atoms.